The molecule has 0 aromatic heterocycles. The highest BCUT2D eigenvalue weighted by Gasteiger charge is 2.59. The summed E-state index contributed by atoms with van der Waals surface area (Å²) in [4.78, 5) is 4.77. The maximum absolute atomic E-state index is 13.0. The van der Waals surface area contributed by atoms with Gasteiger partial charge in [-0.25, -0.2) is 0 Å². The summed E-state index contributed by atoms with van der Waals surface area (Å²) in [5.74, 6) is -0.834. The van der Waals surface area contributed by atoms with Crippen LogP contribution in [0.3, 0.4) is 0 Å². The fourth-order valence-electron chi connectivity index (χ4n) is 5.82. The van der Waals surface area contributed by atoms with Gasteiger partial charge in [-0.05, 0) is 57.2 Å². The number of ether oxygens (including phenoxy) is 3. The van der Waals surface area contributed by atoms with E-state index in [-0.39, 0.29) is 17.7 Å². The van der Waals surface area contributed by atoms with E-state index in [2.05, 4.69) is 34.1 Å². The third kappa shape index (κ3) is 5.17. The highest BCUT2D eigenvalue weighted by atomic mass is 32.2. The summed E-state index contributed by atoms with van der Waals surface area (Å²) in [6.07, 6.45) is -2.13. The molecule has 39 heavy (non-hydrogen) atoms. The smallest absolute Gasteiger partial charge is 0.297 e. The summed E-state index contributed by atoms with van der Waals surface area (Å²) in [5, 5.41) is 0. The Hall–Kier alpha value is -2.95. The van der Waals surface area contributed by atoms with Crippen molar-refractivity contribution in [2.45, 2.75) is 62.0 Å². The molecule has 3 aromatic carbocycles. The SMILES string of the molecule is Cc1ccc(S(=O)(=O)OC[C@H]2O[C@@H](C3N(c4ccccc4)CCN3c3ccccc3)[C@@H]3OC(C)(C)O[C@@H]32)cc1. The van der Waals surface area contributed by atoms with Crippen LogP contribution >= 0.6 is 0 Å². The fraction of sp³-hybridized carbons (Fsp3) is 0.400. The van der Waals surface area contributed by atoms with Gasteiger partial charge in [-0.2, -0.15) is 8.42 Å². The molecule has 9 heteroatoms. The predicted octanol–water partition coefficient (Wildman–Crippen LogP) is 4.34. The summed E-state index contributed by atoms with van der Waals surface area (Å²) >= 11 is 0. The molecule has 3 fully saturated rings. The monoisotopic (exact) mass is 550 g/mol. The van der Waals surface area contributed by atoms with Gasteiger partial charge in [-0.1, -0.05) is 54.1 Å². The van der Waals surface area contributed by atoms with Gasteiger partial charge in [0, 0.05) is 24.5 Å². The Labute approximate surface area is 230 Å². The van der Waals surface area contributed by atoms with Crippen molar-refractivity contribution >= 4 is 21.5 Å². The van der Waals surface area contributed by atoms with Crippen LogP contribution in [-0.4, -0.2) is 64.5 Å². The van der Waals surface area contributed by atoms with E-state index in [4.69, 9.17) is 18.4 Å². The number of para-hydroxylation sites is 2. The highest BCUT2D eigenvalue weighted by Crippen LogP contribution is 2.43. The second-order valence-corrected chi connectivity index (χ2v) is 12.3. The highest BCUT2D eigenvalue weighted by molar-refractivity contribution is 7.86. The molecule has 0 amide bonds. The molecule has 3 aliphatic heterocycles. The van der Waals surface area contributed by atoms with E-state index < -0.39 is 40.3 Å². The maximum Gasteiger partial charge on any atom is 0.297 e. The largest absolute Gasteiger partial charge is 0.363 e. The second kappa shape index (κ2) is 10.2. The first-order valence-corrected chi connectivity index (χ1v) is 14.7. The third-order valence-electron chi connectivity index (χ3n) is 7.57. The lowest BCUT2D eigenvalue weighted by atomic mass is 10.0. The van der Waals surface area contributed by atoms with Crippen LogP contribution in [0.1, 0.15) is 19.4 Å². The van der Waals surface area contributed by atoms with Gasteiger partial charge >= 0.3 is 0 Å². The molecular weight excluding hydrogens is 516 g/mol. The van der Waals surface area contributed by atoms with Crippen LogP contribution in [0.4, 0.5) is 11.4 Å². The Balaban J connectivity index is 1.30. The molecular formula is C30H34N2O6S. The molecule has 0 bridgehead atoms. The number of benzene rings is 3. The van der Waals surface area contributed by atoms with Crippen molar-refractivity contribution in [3.05, 3.63) is 90.5 Å². The van der Waals surface area contributed by atoms with Crippen molar-refractivity contribution in [2.75, 3.05) is 29.5 Å². The van der Waals surface area contributed by atoms with Crippen LogP contribution in [0.25, 0.3) is 0 Å². The molecule has 8 nitrogen and oxygen atoms in total. The number of aryl methyl sites for hydroxylation is 1. The summed E-state index contributed by atoms with van der Waals surface area (Å²) < 4.78 is 50.8. The first kappa shape index (κ1) is 26.3. The standard InChI is InChI=1S/C30H34N2O6S/c1-21-14-16-24(17-15-21)39(33,34)35-20-25-26-27(38-30(2,3)37-26)28(36-25)29-31(22-10-6-4-7-11-22)18-19-32(29)23-12-8-5-9-13-23/h4-17,25-29H,18-20H2,1-3H3/t25-,26-,27-,28-/m1/s1. The van der Waals surface area contributed by atoms with Crippen molar-refractivity contribution in [3.63, 3.8) is 0 Å². The first-order valence-electron chi connectivity index (χ1n) is 13.3. The second-order valence-electron chi connectivity index (χ2n) is 10.7. The zero-order valence-electron chi connectivity index (χ0n) is 22.3. The van der Waals surface area contributed by atoms with Gasteiger partial charge < -0.3 is 24.0 Å². The van der Waals surface area contributed by atoms with Gasteiger partial charge in [0.05, 0.1) is 11.5 Å². The fourth-order valence-corrected chi connectivity index (χ4v) is 6.74. The molecule has 3 aromatic rings. The average Bonchev–Trinajstić information content (AvgIpc) is 3.59. The van der Waals surface area contributed by atoms with Gasteiger partial charge in [0.1, 0.15) is 30.6 Å². The van der Waals surface area contributed by atoms with Gasteiger partial charge in [-0.15, -0.1) is 0 Å². The number of hydrogen-bond donors (Lipinski definition) is 0. The van der Waals surface area contributed by atoms with Crippen LogP contribution in [0.2, 0.25) is 0 Å². The topological polar surface area (TPSA) is 77.5 Å². The van der Waals surface area contributed by atoms with E-state index in [0.717, 1.165) is 30.0 Å². The van der Waals surface area contributed by atoms with Gasteiger partial charge in [0.15, 0.2) is 5.79 Å². The normalized spacial score (nSPS) is 26.7. The predicted molar refractivity (Wildman–Crippen MR) is 148 cm³/mol. The zero-order valence-corrected chi connectivity index (χ0v) is 23.2. The molecule has 4 atom stereocenters. The molecule has 0 saturated carbocycles. The van der Waals surface area contributed by atoms with Gasteiger partial charge in [0.2, 0.25) is 0 Å². The van der Waals surface area contributed by atoms with Gasteiger partial charge in [-0.3, -0.25) is 4.18 Å². The molecule has 3 heterocycles. The minimum absolute atomic E-state index is 0.115. The molecule has 6 rings (SSSR count). The summed E-state index contributed by atoms with van der Waals surface area (Å²) in [7, 11) is -3.96. The minimum Gasteiger partial charge on any atom is -0.363 e. The van der Waals surface area contributed by atoms with E-state index >= 15 is 0 Å². The van der Waals surface area contributed by atoms with E-state index in [9.17, 15) is 8.42 Å². The Bertz CT molecular complexity index is 1340. The lowest BCUT2D eigenvalue weighted by molar-refractivity contribution is -0.190. The number of fused-ring (bicyclic) bond motifs is 1. The first-order chi connectivity index (χ1) is 18.7. The molecule has 0 aliphatic carbocycles. The summed E-state index contributed by atoms with van der Waals surface area (Å²) in [6, 6.07) is 27.1. The molecule has 0 spiro atoms. The molecule has 0 N–H and O–H groups in total. The van der Waals surface area contributed by atoms with E-state index in [1.165, 1.54) is 0 Å². The number of rotatable bonds is 7. The molecule has 0 radical (unpaired) electrons. The molecule has 206 valence electrons. The Kier molecular flexibility index (Phi) is 6.89. The van der Waals surface area contributed by atoms with Crippen LogP contribution in [-0.2, 0) is 28.5 Å². The number of anilines is 2. The molecule has 3 aliphatic rings. The zero-order chi connectivity index (χ0) is 27.2. The van der Waals surface area contributed by atoms with Crippen LogP contribution < -0.4 is 9.80 Å². The van der Waals surface area contributed by atoms with Crippen molar-refractivity contribution in [1.29, 1.82) is 0 Å². The van der Waals surface area contributed by atoms with E-state index in [0.29, 0.717) is 0 Å². The third-order valence-corrected chi connectivity index (χ3v) is 8.87. The lowest BCUT2D eigenvalue weighted by Crippen LogP contribution is -2.53. The van der Waals surface area contributed by atoms with Crippen molar-refractivity contribution < 1.29 is 26.8 Å². The van der Waals surface area contributed by atoms with Crippen molar-refractivity contribution in [1.82, 2.24) is 0 Å². The Morgan fingerprint density at radius 3 is 1.90 bits per heavy atom. The van der Waals surface area contributed by atoms with Crippen LogP contribution in [0.5, 0.6) is 0 Å². The van der Waals surface area contributed by atoms with Crippen LogP contribution in [0, 0.1) is 6.92 Å². The maximum atomic E-state index is 13.0. The summed E-state index contributed by atoms with van der Waals surface area (Å²) in [5.41, 5.74) is 3.14. The number of nitrogens with zero attached hydrogens (tertiary/aromatic N) is 2. The van der Waals surface area contributed by atoms with Crippen molar-refractivity contribution in [2.24, 2.45) is 0 Å². The Morgan fingerprint density at radius 1 is 0.795 bits per heavy atom. The van der Waals surface area contributed by atoms with Crippen LogP contribution in [0.15, 0.2) is 89.8 Å². The van der Waals surface area contributed by atoms with E-state index in [1.54, 1.807) is 24.3 Å². The number of hydrogen-bond acceptors (Lipinski definition) is 8. The summed E-state index contributed by atoms with van der Waals surface area (Å²) in [6.45, 7) is 7.09. The minimum atomic E-state index is -3.96. The molecule has 0 unspecified atom stereocenters. The van der Waals surface area contributed by atoms with E-state index in [1.807, 2.05) is 57.2 Å². The average molecular weight is 551 g/mol. The van der Waals surface area contributed by atoms with Gasteiger partial charge in [0.25, 0.3) is 10.1 Å². The lowest BCUT2D eigenvalue weighted by Gasteiger charge is -2.38. The molecule has 3 saturated heterocycles. The quantitative estimate of drug-likeness (QED) is 0.402. The Morgan fingerprint density at radius 2 is 1.33 bits per heavy atom. The van der Waals surface area contributed by atoms with Crippen molar-refractivity contribution in [3.8, 4) is 0 Å².